The van der Waals surface area contributed by atoms with Gasteiger partial charge in [-0.05, 0) is 32.2 Å². The summed E-state index contributed by atoms with van der Waals surface area (Å²) >= 11 is 0. The van der Waals surface area contributed by atoms with Crippen molar-refractivity contribution in [1.82, 2.24) is 4.90 Å². The second kappa shape index (κ2) is 12.5. The zero-order valence-electron chi connectivity index (χ0n) is 13.3. The van der Waals surface area contributed by atoms with E-state index in [4.69, 9.17) is 5.73 Å². The molecule has 114 valence electrons. The van der Waals surface area contributed by atoms with E-state index in [1.165, 1.54) is 25.7 Å². The van der Waals surface area contributed by atoms with E-state index in [9.17, 15) is 4.79 Å². The van der Waals surface area contributed by atoms with Crippen LogP contribution in [0.25, 0.3) is 0 Å². The Morgan fingerprint density at radius 2 is 1.53 bits per heavy atom. The quantitative estimate of drug-likeness (QED) is 0.551. The average molecular weight is 270 g/mol. The Kier molecular flexibility index (Phi) is 12.1. The van der Waals surface area contributed by atoms with Crippen molar-refractivity contribution in [3.63, 3.8) is 0 Å². The third kappa shape index (κ3) is 9.04. The summed E-state index contributed by atoms with van der Waals surface area (Å²) in [7, 11) is 0. The van der Waals surface area contributed by atoms with Crippen LogP contribution in [-0.2, 0) is 4.79 Å². The Morgan fingerprint density at radius 1 is 1.00 bits per heavy atom. The maximum atomic E-state index is 12.4. The number of carbonyl (C=O) groups excluding carboxylic acids is 1. The molecule has 3 nitrogen and oxygen atoms in total. The van der Waals surface area contributed by atoms with E-state index < -0.39 is 0 Å². The minimum atomic E-state index is 0.131. The van der Waals surface area contributed by atoms with Crippen LogP contribution in [0, 0.1) is 5.92 Å². The number of nitrogens with two attached hydrogens (primary N) is 1. The number of nitrogens with zero attached hydrogens (tertiary/aromatic N) is 1. The van der Waals surface area contributed by atoms with Gasteiger partial charge >= 0.3 is 0 Å². The molecule has 0 bridgehead atoms. The number of unbranched alkanes of at least 4 members (excludes halogenated alkanes) is 4. The molecule has 1 atom stereocenters. The third-order valence-corrected chi connectivity index (χ3v) is 3.64. The minimum absolute atomic E-state index is 0.131. The fourth-order valence-electron chi connectivity index (χ4n) is 2.30. The van der Waals surface area contributed by atoms with Gasteiger partial charge in [0, 0.05) is 19.0 Å². The lowest BCUT2D eigenvalue weighted by atomic mass is 10.0. The van der Waals surface area contributed by atoms with Gasteiger partial charge in [0.15, 0.2) is 0 Å². The van der Waals surface area contributed by atoms with Crippen LogP contribution in [0.1, 0.15) is 72.1 Å². The first-order valence-electron chi connectivity index (χ1n) is 8.16. The molecule has 0 aliphatic heterocycles. The topological polar surface area (TPSA) is 46.3 Å². The Morgan fingerprint density at radius 3 is 1.95 bits per heavy atom. The summed E-state index contributed by atoms with van der Waals surface area (Å²) in [5.74, 6) is 0.465. The first-order valence-corrected chi connectivity index (χ1v) is 8.16. The number of carbonyl (C=O) groups is 1. The van der Waals surface area contributed by atoms with E-state index in [1.54, 1.807) is 0 Å². The lowest BCUT2D eigenvalue weighted by molar-refractivity contribution is -0.135. The van der Waals surface area contributed by atoms with Gasteiger partial charge in [0.2, 0.25) is 5.91 Å². The first-order chi connectivity index (χ1) is 9.17. The van der Waals surface area contributed by atoms with Crippen molar-refractivity contribution >= 4 is 5.91 Å². The summed E-state index contributed by atoms with van der Waals surface area (Å²) in [6.07, 6.45) is 9.00. The van der Waals surface area contributed by atoms with Crippen LogP contribution in [-0.4, -0.2) is 30.4 Å². The Bertz CT molecular complexity index is 209. The summed E-state index contributed by atoms with van der Waals surface area (Å²) in [6, 6.07) is 0. The van der Waals surface area contributed by atoms with Gasteiger partial charge < -0.3 is 10.6 Å². The molecule has 0 aromatic carbocycles. The fourth-order valence-corrected chi connectivity index (χ4v) is 2.30. The van der Waals surface area contributed by atoms with Crippen molar-refractivity contribution in [3.8, 4) is 0 Å². The van der Waals surface area contributed by atoms with Crippen molar-refractivity contribution in [3.05, 3.63) is 0 Å². The molecule has 2 N–H and O–H groups in total. The smallest absolute Gasteiger partial charge is 0.225 e. The second-order valence-corrected chi connectivity index (χ2v) is 5.57. The normalized spacial score (nSPS) is 12.4. The van der Waals surface area contributed by atoms with E-state index in [1.807, 2.05) is 6.92 Å². The molecule has 0 rings (SSSR count). The summed E-state index contributed by atoms with van der Waals surface area (Å²) in [6.45, 7) is 9.00. The van der Waals surface area contributed by atoms with Crippen molar-refractivity contribution in [2.24, 2.45) is 11.7 Å². The molecule has 0 heterocycles. The molecular formula is C16H34N2O. The summed E-state index contributed by atoms with van der Waals surface area (Å²) in [5.41, 5.74) is 5.52. The zero-order valence-corrected chi connectivity index (χ0v) is 13.3. The molecule has 1 amide bonds. The Labute approximate surface area is 119 Å². The standard InChI is InChI=1S/C16H34N2O/c1-4-6-8-13-18(14-9-7-5-2)16(19)15(3)11-10-12-17/h15H,4-14,17H2,1-3H3. The Hall–Kier alpha value is -0.570. The van der Waals surface area contributed by atoms with E-state index >= 15 is 0 Å². The van der Waals surface area contributed by atoms with Crippen LogP contribution >= 0.6 is 0 Å². The molecule has 0 fully saturated rings. The molecule has 19 heavy (non-hydrogen) atoms. The highest BCUT2D eigenvalue weighted by molar-refractivity contribution is 5.78. The van der Waals surface area contributed by atoms with Gasteiger partial charge in [-0.25, -0.2) is 0 Å². The maximum absolute atomic E-state index is 12.4. The van der Waals surface area contributed by atoms with E-state index in [-0.39, 0.29) is 5.92 Å². The van der Waals surface area contributed by atoms with Crippen LogP contribution in [0.5, 0.6) is 0 Å². The lowest BCUT2D eigenvalue weighted by Crippen LogP contribution is -2.37. The summed E-state index contributed by atoms with van der Waals surface area (Å²) in [5, 5.41) is 0. The molecule has 0 aromatic rings. The number of hydrogen-bond acceptors (Lipinski definition) is 2. The van der Waals surface area contributed by atoms with Crippen LogP contribution in [0.4, 0.5) is 0 Å². The van der Waals surface area contributed by atoms with Gasteiger partial charge in [-0.15, -0.1) is 0 Å². The zero-order chi connectivity index (χ0) is 14.5. The second-order valence-electron chi connectivity index (χ2n) is 5.57. The van der Waals surface area contributed by atoms with E-state index in [0.29, 0.717) is 12.5 Å². The lowest BCUT2D eigenvalue weighted by Gasteiger charge is -2.26. The number of hydrogen-bond donors (Lipinski definition) is 1. The van der Waals surface area contributed by atoms with Gasteiger partial charge in [0.25, 0.3) is 0 Å². The fraction of sp³-hybridized carbons (Fsp3) is 0.938. The highest BCUT2D eigenvalue weighted by atomic mass is 16.2. The van der Waals surface area contributed by atoms with Gasteiger partial charge in [-0.2, -0.15) is 0 Å². The van der Waals surface area contributed by atoms with Crippen molar-refractivity contribution in [2.45, 2.75) is 72.1 Å². The van der Waals surface area contributed by atoms with Crippen molar-refractivity contribution in [1.29, 1.82) is 0 Å². The molecule has 0 radical (unpaired) electrons. The van der Waals surface area contributed by atoms with Gasteiger partial charge in [0.1, 0.15) is 0 Å². The van der Waals surface area contributed by atoms with Gasteiger partial charge in [0.05, 0.1) is 0 Å². The van der Waals surface area contributed by atoms with Crippen LogP contribution in [0.15, 0.2) is 0 Å². The van der Waals surface area contributed by atoms with Crippen LogP contribution in [0.3, 0.4) is 0 Å². The first kappa shape index (κ1) is 18.4. The average Bonchev–Trinajstić information content (AvgIpc) is 2.42. The predicted octanol–water partition coefficient (Wildman–Crippen LogP) is 3.57. The van der Waals surface area contributed by atoms with Gasteiger partial charge in [-0.1, -0.05) is 46.5 Å². The SMILES string of the molecule is CCCCCN(CCCCC)C(=O)C(C)CCCN. The van der Waals surface area contributed by atoms with E-state index in [0.717, 1.165) is 38.8 Å². The molecule has 0 spiro atoms. The molecule has 3 heteroatoms. The van der Waals surface area contributed by atoms with Crippen molar-refractivity contribution in [2.75, 3.05) is 19.6 Å². The molecule has 1 unspecified atom stereocenters. The predicted molar refractivity (Wildman–Crippen MR) is 83.1 cm³/mol. The maximum Gasteiger partial charge on any atom is 0.225 e. The molecule has 0 aliphatic rings. The highest BCUT2D eigenvalue weighted by Gasteiger charge is 2.19. The molecule has 0 aliphatic carbocycles. The third-order valence-electron chi connectivity index (χ3n) is 3.64. The number of rotatable bonds is 12. The molecule has 0 aromatic heterocycles. The van der Waals surface area contributed by atoms with Crippen LogP contribution in [0.2, 0.25) is 0 Å². The molecule has 0 saturated heterocycles. The van der Waals surface area contributed by atoms with Gasteiger partial charge in [-0.3, -0.25) is 4.79 Å². The largest absolute Gasteiger partial charge is 0.342 e. The minimum Gasteiger partial charge on any atom is -0.342 e. The number of amides is 1. The van der Waals surface area contributed by atoms with Crippen molar-refractivity contribution < 1.29 is 4.79 Å². The van der Waals surface area contributed by atoms with Crippen LogP contribution < -0.4 is 5.73 Å². The summed E-state index contributed by atoms with van der Waals surface area (Å²) in [4.78, 5) is 14.5. The Balaban J connectivity index is 4.21. The monoisotopic (exact) mass is 270 g/mol. The highest BCUT2D eigenvalue weighted by Crippen LogP contribution is 2.12. The molecular weight excluding hydrogens is 236 g/mol. The summed E-state index contributed by atoms with van der Waals surface area (Å²) < 4.78 is 0. The molecule has 0 saturated carbocycles. The van der Waals surface area contributed by atoms with E-state index in [2.05, 4.69) is 18.7 Å².